The van der Waals surface area contributed by atoms with Gasteiger partial charge in [-0.25, -0.2) is 0 Å². The predicted octanol–water partition coefficient (Wildman–Crippen LogP) is 3.03. The summed E-state index contributed by atoms with van der Waals surface area (Å²) >= 11 is 5.91. The van der Waals surface area contributed by atoms with E-state index in [4.69, 9.17) is 22.1 Å². The molecule has 0 saturated heterocycles. The van der Waals surface area contributed by atoms with Crippen molar-refractivity contribution >= 4 is 11.6 Å². The van der Waals surface area contributed by atoms with Crippen LogP contribution in [0.1, 0.15) is 25.3 Å². The number of hydrogen-bond donors (Lipinski definition) is 1. The molecule has 0 aliphatic rings. The van der Waals surface area contributed by atoms with Crippen LogP contribution in [-0.4, -0.2) is 19.3 Å². The zero-order chi connectivity index (χ0) is 11.8. The molecule has 0 spiro atoms. The Morgan fingerprint density at radius 3 is 2.94 bits per heavy atom. The highest BCUT2D eigenvalue weighted by Gasteiger charge is 2.04. The molecule has 0 radical (unpaired) electrons. The van der Waals surface area contributed by atoms with E-state index < -0.39 is 0 Å². The largest absolute Gasteiger partial charge is 0.382 e. The van der Waals surface area contributed by atoms with Gasteiger partial charge in [0.1, 0.15) is 0 Å². The zero-order valence-electron chi connectivity index (χ0n) is 9.79. The number of rotatable bonds is 7. The molecule has 1 aromatic carbocycles. The van der Waals surface area contributed by atoms with Crippen molar-refractivity contribution < 1.29 is 4.74 Å². The molecule has 0 saturated carbocycles. The van der Waals surface area contributed by atoms with E-state index in [0.717, 1.165) is 37.5 Å². The molecule has 1 aromatic rings. The Hall–Kier alpha value is -0.570. The quantitative estimate of drug-likeness (QED) is 0.745. The second-order valence-corrected chi connectivity index (χ2v) is 4.37. The van der Waals surface area contributed by atoms with Crippen LogP contribution in [-0.2, 0) is 11.2 Å². The van der Waals surface area contributed by atoms with Gasteiger partial charge in [-0.3, -0.25) is 0 Å². The van der Waals surface area contributed by atoms with Gasteiger partial charge in [0.25, 0.3) is 0 Å². The van der Waals surface area contributed by atoms with E-state index in [9.17, 15) is 0 Å². The second kappa shape index (κ2) is 7.66. The SMILES string of the molecule is CCOCCCC(N)Cc1cccc(Cl)c1. The molecule has 2 nitrogen and oxygen atoms in total. The van der Waals surface area contributed by atoms with Crippen LogP contribution in [0.3, 0.4) is 0 Å². The number of benzene rings is 1. The highest BCUT2D eigenvalue weighted by atomic mass is 35.5. The van der Waals surface area contributed by atoms with Gasteiger partial charge in [0.2, 0.25) is 0 Å². The summed E-state index contributed by atoms with van der Waals surface area (Å²) in [5, 5.41) is 0.777. The molecular weight excluding hydrogens is 222 g/mol. The van der Waals surface area contributed by atoms with Crippen LogP contribution in [0.25, 0.3) is 0 Å². The third-order valence-electron chi connectivity index (χ3n) is 2.45. The van der Waals surface area contributed by atoms with Crippen molar-refractivity contribution in [2.24, 2.45) is 5.73 Å². The highest BCUT2D eigenvalue weighted by molar-refractivity contribution is 6.30. The standard InChI is InChI=1S/C13H20ClNO/c1-2-16-8-4-7-13(15)10-11-5-3-6-12(14)9-11/h3,5-6,9,13H,2,4,7-8,10,15H2,1H3. The van der Waals surface area contributed by atoms with E-state index in [0.29, 0.717) is 0 Å². The Labute approximate surface area is 103 Å². The summed E-state index contributed by atoms with van der Waals surface area (Å²) in [4.78, 5) is 0. The minimum absolute atomic E-state index is 0.193. The molecule has 0 aromatic heterocycles. The lowest BCUT2D eigenvalue weighted by atomic mass is 10.0. The van der Waals surface area contributed by atoms with Crippen LogP contribution in [0.5, 0.6) is 0 Å². The molecular formula is C13H20ClNO. The molecule has 3 heteroatoms. The predicted molar refractivity (Wildman–Crippen MR) is 68.9 cm³/mol. The van der Waals surface area contributed by atoms with Crippen LogP contribution in [0.15, 0.2) is 24.3 Å². The average molecular weight is 242 g/mol. The van der Waals surface area contributed by atoms with E-state index in [1.807, 2.05) is 25.1 Å². The fourth-order valence-corrected chi connectivity index (χ4v) is 1.87. The number of hydrogen-bond acceptors (Lipinski definition) is 2. The smallest absolute Gasteiger partial charge is 0.0466 e. The Kier molecular flexibility index (Phi) is 6.46. The van der Waals surface area contributed by atoms with Crippen LogP contribution >= 0.6 is 11.6 Å². The first-order chi connectivity index (χ1) is 7.72. The molecule has 1 rings (SSSR count). The Bertz CT molecular complexity index is 304. The topological polar surface area (TPSA) is 35.2 Å². The van der Waals surface area contributed by atoms with Gasteiger partial charge in [-0.05, 0) is 43.9 Å². The van der Waals surface area contributed by atoms with Crippen molar-refractivity contribution in [3.8, 4) is 0 Å². The molecule has 0 heterocycles. The van der Waals surface area contributed by atoms with Gasteiger partial charge >= 0.3 is 0 Å². The lowest BCUT2D eigenvalue weighted by Crippen LogP contribution is -2.23. The monoisotopic (exact) mass is 241 g/mol. The first-order valence-corrected chi connectivity index (χ1v) is 6.18. The molecule has 16 heavy (non-hydrogen) atoms. The summed E-state index contributed by atoms with van der Waals surface area (Å²) in [6, 6.07) is 8.08. The van der Waals surface area contributed by atoms with Crippen LogP contribution in [0.4, 0.5) is 0 Å². The Balaban J connectivity index is 2.25. The van der Waals surface area contributed by atoms with Gasteiger partial charge in [0.05, 0.1) is 0 Å². The molecule has 0 amide bonds. The van der Waals surface area contributed by atoms with Crippen LogP contribution in [0, 0.1) is 0 Å². The second-order valence-electron chi connectivity index (χ2n) is 3.93. The summed E-state index contributed by atoms with van der Waals surface area (Å²) in [5.74, 6) is 0. The Morgan fingerprint density at radius 1 is 1.44 bits per heavy atom. The summed E-state index contributed by atoms with van der Waals surface area (Å²) < 4.78 is 5.28. The normalized spacial score (nSPS) is 12.7. The lowest BCUT2D eigenvalue weighted by Gasteiger charge is -2.11. The lowest BCUT2D eigenvalue weighted by molar-refractivity contribution is 0.142. The summed E-state index contributed by atoms with van der Waals surface area (Å²) in [6.45, 7) is 3.59. The summed E-state index contributed by atoms with van der Waals surface area (Å²) in [7, 11) is 0. The molecule has 90 valence electrons. The van der Waals surface area contributed by atoms with Gasteiger partial charge in [-0.15, -0.1) is 0 Å². The molecule has 1 unspecified atom stereocenters. The van der Waals surface area contributed by atoms with Crippen LogP contribution < -0.4 is 5.73 Å². The van der Waals surface area contributed by atoms with E-state index in [1.165, 1.54) is 5.56 Å². The number of nitrogens with two attached hydrogens (primary N) is 1. The van der Waals surface area contributed by atoms with Crippen LogP contribution in [0.2, 0.25) is 5.02 Å². The minimum Gasteiger partial charge on any atom is -0.382 e. The fourth-order valence-electron chi connectivity index (χ4n) is 1.66. The maximum atomic E-state index is 6.04. The molecule has 0 aliphatic carbocycles. The molecule has 2 N–H and O–H groups in total. The van der Waals surface area contributed by atoms with Crippen molar-refractivity contribution in [3.63, 3.8) is 0 Å². The third-order valence-corrected chi connectivity index (χ3v) is 2.69. The van der Waals surface area contributed by atoms with Gasteiger partial charge in [-0.2, -0.15) is 0 Å². The number of ether oxygens (including phenoxy) is 1. The molecule has 0 bridgehead atoms. The summed E-state index contributed by atoms with van der Waals surface area (Å²) in [5.41, 5.74) is 7.24. The van der Waals surface area contributed by atoms with Crippen molar-refractivity contribution in [1.82, 2.24) is 0 Å². The maximum Gasteiger partial charge on any atom is 0.0466 e. The zero-order valence-corrected chi connectivity index (χ0v) is 10.5. The van der Waals surface area contributed by atoms with Crippen molar-refractivity contribution in [2.45, 2.75) is 32.2 Å². The molecule has 0 aliphatic heterocycles. The maximum absolute atomic E-state index is 6.04. The van der Waals surface area contributed by atoms with Crippen molar-refractivity contribution in [3.05, 3.63) is 34.9 Å². The molecule has 1 atom stereocenters. The van der Waals surface area contributed by atoms with Gasteiger partial charge in [-0.1, -0.05) is 23.7 Å². The minimum atomic E-state index is 0.193. The van der Waals surface area contributed by atoms with Gasteiger partial charge in [0.15, 0.2) is 0 Å². The van der Waals surface area contributed by atoms with E-state index >= 15 is 0 Å². The first-order valence-electron chi connectivity index (χ1n) is 5.80. The van der Waals surface area contributed by atoms with Gasteiger partial charge in [0, 0.05) is 24.3 Å². The fraction of sp³-hybridized carbons (Fsp3) is 0.538. The Morgan fingerprint density at radius 2 is 2.25 bits per heavy atom. The van der Waals surface area contributed by atoms with E-state index in [-0.39, 0.29) is 6.04 Å². The highest BCUT2D eigenvalue weighted by Crippen LogP contribution is 2.13. The van der Waals surface area contributed by atoms with E-state index in [2.05, 4.69) is 6.07 Å². The first kappa shape index (κ1) is 13.5. The third kappa shape index (κ3) is 5.50. The molecule has 0 fully saturated rings. The summed E-state index contributed by atoms with van der Waals surface area (Å²) in [6.07, 6.45) is 2.90. The van der Waals surface area contributed by atoms with Crippen molar-refractivity contribution in [1.29, 1.82) is 0 Å². The average Bonchev–Trinajstić information content (AvgIpc) is 2.24. The number of halogens is 1. The van der Waals surface area contributed by atoms with E-state index in [1.54, 1.807) is 0 Å². The van der Waals surface area contributed by atoms with Gasteiger partial charge < -0.3 is 10.5 Å². The van der Waals surface area contributed by atoms with Crippen molar-refractivity contribution in [2.75, 3.05) is 13.2 Å².